The minimum absolute atomic E-state index is 0.209. The first kappa shape index (κ1) is 15.8. The number of hydrogen-bond donors (Lipinski definition) is 1. The minimum atomic E-state index is -0.617. The van der Waals surface area contributed by atoms with Crippen LogP contribution in [0.2, 0.25) is 0 Å². The lowest BCUT2D eigenvalue weighted by molar-refractivity contribution is -0.125. The summed E-state index contributed by atoms with van der Waals surface area (Å²) in [5.41, 5.74) is 1.77. The fourth-order valence-corrected chi connectivity index (χ4v) is 3.08. The second-order valence-corrected chi connectivity index (χ2v) is 6.32. The van der Waals surface area contributed by atoms with Gasteiger partial charge in [0.25, 0.3) is 5.91 Å². The Balaban J connectivity index is 1.36. The van der Waals surface area contributed by atoms with Crippen LogP contribution in [0.1, 0.15) is 18.4 Å². The first-order valence-electron chi connectivity index (χ1n) is 8.48. The number of nitrogens with one attached hydrogen (secondary N) is 1. The molecule has 7 nitrogen and oxygen atoms in total. The van der Waals surface area contributed by atoms with E-state index in [0.29, 0.717) is 18.2 Å². The van der Waals surface area contributed by atoms with E-state index < -0.39 is 6.10 Å². The summed E-state index contributed by atoms with van der Waals surface area (Å²) in [5.74, 6) is 0.902. The summed E-state index contributed by atoms with van der Waals surface area (Å²) in [6, 6.07) is 11.5. The van der Waals surface area contributed by atoms with Crippen molar-refractivity contribution in [2.45, 2.75) is 25.5 Å². The van der Waals surface area contributed by atoms with Crippen molar-refractivity contribution in [1.29, 1.82) is 0 Å². The molecular weight excluding hydrogens is 320 g/mol. The molecule has 3 heterocycles. The quantitative estimate of drug-likeness (QED) is 0.904. The number of anilines is 1. The summed E-state index contributed by atoms with van der Waals surface area (Å²) in [4.78, 5) is 17.8. The maximum absolute atomic E-state index is 12.5. The van der Waals surface area contributed by atoms with E-state index in [1.165, 1.54) is 0 Å². The molecule has 2 aromatic rings. The van der Waals surface area contributed by atoms with Crippen LogP contribution in [-0.2, 0) is 20.9 Å². The summed E-state index contributed by atoms with van der Waals surface area (Å²) in [6.45, 7) is 2.27. The van der Waals surface area contributed by atoms with E-state index in [1.54, 1.807) is 12.3 Å². The zero-order valence-corrected chi connectivity index (χ0v) is 13.8. The van der Waals surface area contributed by atoms with Gasteiger partial charge in [-0.2, -0.15) is 5.10 Å². The van der Waals surface area contributed by atoms with Crippen LogP contribution in [-0.4, -0.2) is 40.7 Å². The molecule has 0 aliphatic carbocycles. The predicted octanol–water partition coefficient (Wildman–Crippen LogP) is 2.05. The topological polar surface area (TPSA) is 77.7 Å². The molecule has 1 amide bonds. The van der Waals surface area contributed by atoms with Crippen molar-refractivity contribution in [3.05, 3.63) is 48.2 Å². The van der Waals surface area contributed by atoms with E-state index in [9.17, 15) is 4.79 Å². The highest BCUT2D eigenvalue weighted by Crippen LogP contribution is 2.20. The molecule has 0 unspecified atom stereocenters. The Morgan fingerprint density at radius 3 is 2.96 bits per heavy atom. The highest BCUT2D eigenvalue weighted by Gasteiger charge is 2.29. The van der Waals surface area contributed by atoms with E-state index >= 15 is 0 Å². The molecule has 1 aromatic heterocycles. The summed E-state index contributed by atoms with van der Waals surface area (Å²) in [6.07, 6.45) is 2.55. The van der Waals surface area contributed by atoms with Crippen molar-refractivity contribution >= 4 is 17.4 Å². The molecule has 2 aliphatic rings. The Bertz CT molecular complexity index is 766. The number of amides is 1. The van der Waals surface area contributed by atoms with Crippen LogP contribution in [0.15, 0.2) is 47.8 Å². The maximum atomic E-state index is 12.5. The summed E-state index contributed by atoms with van der Waals surface area (Å²) < 4.78 is 7.21. The third-order valence-corrected chi connectivity index (χ3v) is 4.49. The van der Waals surface area contributed by atoms with Crippen LogP contribution in [0.3, 0.4) is 0 Å². The van der Waals surface area contributed by atoms with E-state index in [1.807, 2.05) is 35.0 Å². The average molecular weight is 340 g/mol. The summed E-state index contributed by atoms with van der Waals surface area (Å²) >= 11 is 0. The van der Waals surface area contributed by atoms with Gasteiger partial charge < -0.3 is 14.9 Å². The standard InChI is InChI=1S/C18H20N4O3/c23-18(16-10-15(21-25-16)14-4-2-1-3-5-14)20-17-6-8-19-22(17)11-13-7-9-24-12-13/h1-6,8,13,16H,7,9-12H2,(H,20,23)/t13-,16+/m0/s1. The van der Waals surface area contributed by atoms with Gasteiger partial charge in [0.15, 0.2) is 0 Å². The lowest BCUT2D eigenvalue weighted by Crippen LogP contribution is -2.29. The number of ether oxygens (including phenoxy) is 1. The Kier molecular flexibility index (Phi) is 4.47. The number of nitrogens with zero attached hydrogens (tertiary/aromatic N) is 3. The Morgan fingerprint density at radius 2 is 2.16 bits per heavy atom. The van der Waals surface area contributed by atoms with Gasteiger partial charge in [-0.1, -0.05) is 35.5 Å². The second-order valence-electron chi connectivity index (χ2n) is 6.32. The van der Waals surface area contributed by atoms with Gasteiger partial charge in [-0.3, -0.25) is 4.79 Å². The van der Waals surface area contributed by atoms with Crippen LogP contribution < -0.4 is 5.32 Å². The molecule has 1 saturated heterocycles. The largest absolute Gasteiger partial charge is 0.382 e. The van der Waals surface area contributed by atoms with Gasteiger partial charge in [-0.05, 0) is 12.0 Å². The van der Waals surface area contributed by atoms with Crippen molar-refractivity contribution < 1.29 is 14.4 Å². The van der Waals surface area contributed by atoms with Crippen molar-refractivity contribution in [2.75, 3.05) is 18.5 Å². The minimum Gasteiger partial charge on any atom is -0.382 e. The average Bonchev–Trinajstić information content (AvgIpc) is 3.38. The molecule has 1 aromatic carbocycles. The van der Waals surface area contributed by atoms with Gasteiger partial charge in [-0.25, -0.2) is 4.68 Å². The van der Waals surface area contributed by atoms with Gasteiger partial charge in [0.1, 0.15) is 5.82 Å². The van der Waals surface area contributed by atoms with Gasteiger partial charge in [-0.15, -0.1) is 0 Å². The maximum Gasteiger partial charge on any atom is 0.269 e. The molecule has 0 bridgehead atoms. The second kappa shape index (κ2) is 7.06. The lowest BCUT2D eigenvalue weighted by atomic mass is 10.0. The smallest absolute Gasteiger partial charge is 0.269 e. The molecule has 2 aliphatic heterocycles. The molecule has 7 heteroatoms. The number of hydrogen-bond acceptors (Lipinski definition) is 5. The highest BCUT2D eigenvalue weighted by atomic mass is 16.6. The Morgan fingerprint density at radius 1 is 1.28 bits per heavy atom. The van der Waals surface area contributed by atoms with Crippen LogP contribution in [0, 0.1) is 5.92 Å². The van der Waals surface area contributed by atoms with Crippen molar-refractivity contribution in [3.63, 3.8) is 0 Å². The first-order valence-corrected chi connectivity index (χ1v) is 8.48. The molecule has 1 fully saturated rings. The molecule has 25 heavy (non-hydrogen) atoms. The number of aromatic nitrogens is 2. The van der Waals surface area contributed by atoms with Crippen LogP contribution in [0.25, 0.3) is 0 Å². The van der Waals surface area contributed by atoms with E-state index in [2.05, 4.69) is 15.6 Å². The number of carbonyl (C=O) groups excluding carboxylic acids is 1. The number of carbonyl (C=O) groups is 1. The number of rotatable bonds is 5. The third kappa shape index (κ3) is 3.56. The van der Waals surface area contributed by atoms with E-state index in [4.69, 9.17) is 9.57 Å². The van der Waals surface area contributed by atoms with Crippen molar-refractivity contribution in [1.82, 2.24) is 9.78 Å². The number of oxime groups is 1. The normalized spacial score (nSPS) is 22.5. The predicted molar refractivity (Wildman–Crippen MR) is 92.3 cm³/mol. The molecular formula is C18H20N4O3. The molecule has 0 spiro atoms. The van der Waals surface area contributed by atoms with Crippen molar-refractivity contribution in [2.24, 2.45) is 11.1 Å². The fraction of sp³-hybridized carbons (Fsp3) is 0.389. The van der Waals surface area contributed by atoms with E-state index in [-0.39, 0.29) is 5.91 Å². The molecule has 4 rings (SSSR count). The molecule has 2 atom stereocenters. The van der Waals surface area contributed by atoms with Gasteiger partial charge >= 0.3 is 0 Å². The molecule has 0 saturated carbocycles. The molecule has 130 valence electrons. The number of benzene rings is 1. The fourth-order valence-electron chi connectivity index (χ4n) is 3.08. The van der Waals surface area contributed by atoms with Gasteiger partial charge in [0.2, 0.25) is 6.10 Å². The Labute approximate surface area is 145 Å². The highest BCUT2D eigenvalue weighted by molar-refractivity contribution is 6.05. The summed E-state index contributed by atoms with van der Waals surface area (Å²) in [5, 5.41) is 11.3. The lowest BCUT2D eigenvalue weighted by Gasteiger charge is -2.13. The van der Waals surface area contributed by atoms with Gasteiger partial charge in [0, 0.05) is 31.6 Å². The van der Waals surface area contributed by atoms with Crippen LogP contribution in [0.4, 0.5) is 5.82 Å². The van der Waals surface area contributed by atoms with E-state index in [0.717, 1.165) is 37.5 Å². The first-order chi connectivity index (χ1) is 12.3. The van der Waals surface area contributed by atoms with Crippen LogP contribution >= 0.6 is 0 Å². The SMILES string of the molecule is O=C(Nc1ccnn1C[C@@H]1CCOC1)[C@H]1CC(c2ccccc2)=NO1. The zero-order valence-electron chi connectivity index (χ0n) is 13.8. The monoisotopic (exact) mass is 340 g/mol. The third-order valence-electron chi connectivity index (χ3n) is 4.49. The Hall–Kier alpha value is -2.67. The molecule has 1 N–H and O–H groups in total. The van der Waals surface area contributed by atoms with Crippen molar-refractivity contribution in [3.8, 4) is 0 Å². The van der Waals surface area contributed by atoms with Crippen LogP contribution in [0.5, 0.6) is 0 Å². The summed E-state index contributed by atoms with van der Waals surface area (Å²) in [7, 11) is 0. The van der Waals surface area contributed by atoms with Gasteiger partial charge in [0.05, 0.1) is 18.5 Å². The molecule has 0 radical (unpaired) electrons. The zero-order chi connectivity index (χ0) is 17.1.